The minimum Gasteiger partial charge on any atom is -0.455 e. The van der Waals surface area contributed by atoms with Gasteiger partial charge in [0, 0.05) is 24.8 Å². The second-order valence-corrected chi connectivity index (χ2v) is 6.21. The number of para-hydroxylation sites is 1. The van der Waals surface area contributed by atoms with E-state index in [0.29, 0.717) is 12.6 Å². The van der Waals surface area contributed by atoms with E-state index in [1.165, 1.54) is 0 Å². The molecule has 2 aromatic carbocycles. The summed E-state index contributed by atoms with van der Waals surface area (Å²) in [4.78, 5) is 37.4. The number of ether oxygens (including phenoxy) is 1. The van der Waals surface area contributed by atoms with E-state index in [2.05, 4.69) is 5.32 Å². The second kappa shape index (κ2) is 8.60. The lowest BCUT2D eigenvalue weighted by atomic mass is 10.2. The van der Waals surface area contributed by atoms with Crippen LogP contribution in [0, 0.1) is 11.6 Å². The number of anilines is 1. The Bertz CT molecular complexity index is 917. The molecule has 0 aromatic heterocycles. The van der Waals surface area contributed by atoms with Gasteiger partial charge in [-0.25, -0.2) is 8.78 Å². The van der Waals surface area contributed by atoms with Crippen LogP contribution in [0.2, 0.25) is 0 Å². The van der Waals surface area contributed by atoms with Gasteiger partial charge in [-0.1, -0.05) is 18.2 Å². The fraction of sp³-hybridized carbons (Fsp3) is 0.250. The minimum atomic E-state index is -0.989. The van der Waals surface area contributed by atoms with Crippen LogP contribution in [0.3, 0.4) is 0 Å². The molecule has 1 heterocycles. The molecule has 0 saturated carbocycles. The number of rotatable bonds is 6. The molecule has 0 unspecified atom stereocenters. The third-order valence-electron chi connectivity index (χ3n) is 4.34. The summed E-state index contributed by atoms with van der Waals surface area (Å²) >= 11 is 0. The van der Waals surface area contributed by atoms with Gasteiger partial charge >= 0.3 is 5.97 Å². The highest BCUT2D eigenvalue weighted by atomic mass is 19.1. The highest BCUT2D eigenvalue weighted by Gasteiger charge is 2.24. The van der Waals surface area contributed by atoms with Crippen LogP contribution < -0.4 is 10.2 Å². The van der Waals surface area contributed by atoms with Gasteiger partial charge < -0.3 is 15.0 Å². The maximum Gasteiger partial charge on any atom is 0.308 e. The van der Waals surface area contributed by atoms with Crippen LogP contribution >= 0.6 is 0 Å². The van der Waals surface area contributed by atoms with E-state index >= 15 is 0 Å². The molecule has 0 radical (unpaired) electrons. The number of hydrogen-bond donors (Lipinski definition) is 1. The molecular weight excluding hydrogens is 370 g/mol. The molecule has 8 heteroatoms. The average Bonchev–Trinajstić information content (AvgIpc) is 3.10. The van der Waals surface area contributed by atoms with E-state index in [4.69, 9.17) is 4.74 Å². The van der Waals surface area contributed by atoms with Crippen LogP contribution in [0.15, 0.2) is 42.5 Å². The largest absolute Gasteiger partial charge is 0.455 e. The van der Waals surface area contributed by atoms with Gasteiger partial charge in [-0.05, 0) is 30.2 Å². The molecule has 3 rings (SSSR count). The van der Waals surface area contributed by atoms with Crippen LogP contribution in [0.4, 0.5) is 14.5 Å². The maximum atomic E-state index is 13.5. The molecule has 28 heavy (non-hydrogen) atoms. The highest BCUT2D eigenvalue weighted by molar-refractivity contribution is 5.97. The molecule has 0 bridgehead atoms. The smallest absolute Gasteiger partial charge is 0.308 e. The number of carbonyl (C=O) groups excluding carboxylic acids is 3. The van der Waals surface area contributed by atoms with Crippen molar-refractivity contribution in [2.24, 2.45) is 0 Å². The average molecular weight is 388 g/mol. The van der Waals surface area contributed by atoms with Crippen LogP contribution in [0.5, 0.6) is 0 Å². The van der Waals surface area contributed by atoms with Crippen LogP contribution in [-0.4, -0.2) is 37.5 Å². The molecule has 146 valence electrons. The molecule has 1 aliphatic heterocycles. The summed E-state index contributed by atoms with van der Waals surface area (Å²) in [6.07, 6.45) is 0.570. The van der Waals surface area contributed by atoms with Crippen molar-refractivity contribution in [1.82, 2.24) is 5.32 Å². The third-order valence-corrected chi connectivity index (χ3v) is 4.34. The predicted octanol–water partition coefficient (Wildman–Crippen LogP) is 2.22. The maximum absolute atomic E-state index is 13.5. The molecule has 0 aliphatic carbocycles. The van der Waals surface area contributed by atoms with Crippen molar-refractivity contribution in [3.05, 3.63) is 65.2 Å². The number of esters is 1. The minimum absolute atomic E-state index is 0.102. The van der Waals surface area contributed by atoms with E-state index in [-0.39, 0.29) is 24.4 Å². The van der Waals surface area contributed by atoms with Crippen LogP contribution in [-0.2, 0) is 20.7 Å². The summed E-state index contributed by atoms with van der Waals surface area (Å²) in [6, 6.07) is 10.1. The summed E-state index contributed by atoms with van der Waals surface area (Å²) in [5, 5.41) is 2.35. The molecule has 1 aliphatic rings. The first-order chi connectivity index (χ1) is 13.5. The summed E-state index contributed by atoms with van der Waals surface area (Å²) < 4.78 is 31.3. The lowest BCUT2D eigenvalue weighted by Gasteiger charge is -2.17. The van der Waals surface area contributed by atoms with Crippen LogP contribution in [0.1, 0.15) is 22.3 Å². The number of hydrogen-bond acceptors (Lipinski definition) is 4. The van der Waals surface area contributed by atoms with Gasteiger partial charge in [-0.2, -0.15) is 0 Å². The molecule has 6 nitrogen and oxygen atoms in total. The first-order valence-corrected chi connectivity index (χ1v) is 8.73. The Labute approximate surface area is 160 Å². The molecule has 0 spiro atoms. The molecule has 0 atom stereocenters. The number of halogens is 2. The van der Waals surface area contributed by atoms with Crippen molar-refractivity contribution < 1.29 is 27.9 Å². The first-order valence-electron chi connectivity index (χ1n) is 8.73. The summed E-state index contributed by atoms with van der Waals surface area (Å²) in [6.45, 7) is 0.0396. The fourth-order valence-electron chi connectivity index (χ4n) is 2.94. The molecule has 1 N–H and O–H groups in total. The second-order valence-electron chi connectivity index (χ2n) is 6.21. The van der Waals surface area contributed by atoms with Crippen molar-refractivity contribution in [3.63, 3.8) is 0 Å². The van der Waals surface area contributed by atoms with Gasteiger partial charge in [0.15, 0.2) is 6.61 Å². The quantitative estimate of drug-likeness (QED) is 0.770. The van der Waals surface area contributed by atoms with Gasteiger partial charge in [0.25, 0.3) is 11.8 Å². The summed E-state index contributed by atoms with van der Waals surface area (Å²) in [7, 11) is 0. The molecule has 0 fully saturated rings. The zero-order valence-electron chi connectivity index (χ0n) is 14.9. The van der Waals surface area contributed by atoms with Gasteiger partial charge in [-0.3, -0.25) is 14.4 Å². The van der Waals surface area contributed by atoms with E-state index < -0.39 is 30.1 Å². The highest BCUT2D eigenvalue weighted by Crippen LogP contribution is 2.27. The van der Waals surface area contributed by atoms with Crippen LogP contribution in [0.25, 0.3) is 0 Å². The molecule has 2 aromatic rings. The zero-order chi connectivity index (χ0) is 20.1. The number of nitrogens with zero attached hydrogens (tertiary/aromatic N) is 1. The number of benzene rings is 2. The fourth-order valence-corrected chi connectivity index (χ4v) is 2.94. The first kappa shape index (κ1) is 19.5. The van der Waals surface area contributed by atoms with E-state index in [9.17, 15) is 23.2 Å². The third kappa shape index (κ3) is 4.51. The Morgan fingerprint density at radius 1 is 1.11 bits per heavy atom. The Morgan fingerprint density at radius 3 is 2.68 bits per heavy atom. The summed E-state index contributed by atoms with van der Waals surface area (Å²) in [5.74, 6) is -3.54. The lowest BCUT2D eigenvalue weighted by molar-refractivity contribution is -0.147. The molecular formula is C20H18F2N2O4. The number of fused-ring (bicyclic) bond motifs is 1. The van der Waals surface area contributed by atoms with E-state index in [0.717, 1.165) is 29.8 Å². The molecule has 0 saturated heterocycles. The van der Waals surface area contributed by atoms with Crippen molar-refractivity contribution in [3.8, 4) is 0 Å². The van der Waals surface area contributed by atoms with Crippen molar-refractivity contribution in [2.75, 3.05) is 24.6 Å². The Morgan fingerprint density at radius 2 is 1.89 bits per heavy atom. The predicted molar refractivity (Wildman–Crippen MR) is 96.8 cm³/mol. The number of amides is 2. The summed E-state index contributed by atoms with van der Waals surface area (Å²) in [5.41, 5.74) is 1.56. The number of carbonyl (C=O) groups is 3. The standard InChI is InChI=1S/C20H18F2N2O4/c21-14-5-6-15(16(22)11-14)20(27)23-9-7-19(26)28-12-18(25)24-10-8-13-3-1-2-4-17(13)24/h1-6,11H,7-10,12H2,(H,23,27). The van der Waals surface area contributed by atoms with Crippen molar-refractivity contribution >= 4 is 23.5 Å². The van der Waals surface area contributed by atoms with E-state index in [1.54, 1.807) is 4.90 Å². The Kier molecular flexibility index (Phi) is 5.98. The van der Waals surface area contributed by atoms with E-state index in [1.807, 2.05) is 24.3 Å². The normalized spacial score (nSPS) is 12.4. The van der Waals surface area contributed by atoms with Gasteiger partial charge in [0.05, 0.1) is 12.0 Å². The lowest BCUT2D eigenvalue weighted by Crippen LogP contribution is -2.33. The zero-order valence-corrected chi connectivity index (χ0v) is 14.9. The molecule has 2 amide bonds. The van der Waals surface area contributed by atoms with Crippen molar-refractivity contribution in [1.29, 1.82) is 0 Å². The Hall–Kier alpha value is -3.29. The monoisotopic (exact) mass is 388 g/mol. The van der Waals surface area contributed by atoms with Crippen molar-refractivity contribution in [2.45, 2.75) is 12.8 Å². The van der Waals surface area contributed by atoms with Gasteiger partial charge in [0.2, 0.25) is 0 Å². The van der Waals surface area contributed by atoms with Gasteiger partial charge in [0.1, 0.15) is 11.6 Å². The van der Waals surface area contributed by atoms with Gasteiger partial charge in [-0.15, -0.1) is 0 Å². The topological polar surface area (TPSA) is 75.7 Å². The Balaban J connectivity index is 1.41. The number of nitrogens with one attached hydrogen (secondary N) is 1. The SMILES string of the molecule is O=C(CCNC(=O)c1ccc(F)cc1F)OCC(=O)N1CCc2ccccc21.